The summed E-state index contributed by atoms with van der Waals surface area (Å²) in [4.78, 5) is 30.8. The maximum Gasteiger partial charge on any atom is 0.267 e. The van der Waals surface area contributed by atoms with E-state index in [2.05, 4.69) is 4.99 Å². The van der Waals surface area contributed by atoms with Crippen LogP contribution in [0.5, 0.6) is 0 Å². The van der Waals surface area contributed by atoms with Gasteiger partial charge in [0, 0.05) is 29.2 Å². The Labute approximate surface area is 166 Å². The summed E-state index contributed by atoms with van der Waals surface area (Å²) in [7, 11) is 1.59. The summed E-state index contributed by atoms with van der Waals surface area (Å²) in [5.74, 6) is -0.591. The molecule has 0 spiro atoms. The van der Waals surface area contributed by atoms with E-state index in [1.54, 1.807) is 31.3 Å². The van der Waals surface area contributed by atoms with E-state index in [4.69, 9.17) is 11.6 Å². The van der Waals surface area contributed by atoms with Crippen LogP contribution in [0.25, 0.3) is 0 Å². The second-order valence-electron chi connectivity index (χ2n) is 5.94. The molecule has 0 radical (unpaired) electrons. The zero-order valence-electron chi connectivity index (χ0n) is 14.7. The normalized spacial score (nSPS) is 11.4. The molecule has 0 saturated carbocycles. The third kappa shape index (κ3) is 4.93. The summed E-state index contributed by atoms with van der Waals surface area (Å²) in [5.41, 5.74) is 1.49. The fraction of sp³-hybridized carbons (Fsp3) is 0.150. The molecule has 27 heavy (non-hydrogen) atoms. The predicted molar refractivity (Wildman–Crippen MR) is 107 cm³/mol. The third-order valence-electron chi connectivity index (χ3n) is 3.92. The Morgan fingerprint density at radius 3 is 2.56 bits per heavy atom. The maximum atomic E-state index is 12.3. The molecule has 0 atom stereocenters. The van der Waals surface area contributed by atoms with E-state index >= 15 is 0 Å². The summed E-state index contributed by atoms with van der Waals surface area (Å²) in [6.45, 7) is 0.436. The highest BCUT2D eigenvalue weighted by Gasteiger charge is 2.14. The van der Waals surface area contributed by atoms with Crippen LogP contribution in [0.3, 0.4) is 0 Å². The van der Waals surface area contributed by atoms with Crippen molar-refractivity contribution in [3.63, 3.8) is 0 Å². The Balaban J connectivity index is 1.72. The highest BCUT2D eigenvalue weighted by atomic mass is 35.5. The van der Waals surface area contributed by atoms with E-state index in [9.17, 15) is 9.59 Å². The zero-order valence-corrected chi connectivity index (χ0v) is 16.3. The van der Waals surface area contributed by atoms with E-state index in [0.29, 0.717) is 21.9 Å². The van der Waals surface area contributed by atoms with Crippen molar-refractivity contribution in [2.75, 3.05) is 13.6 Å². The van der Waals surface area contributed by atoms with Crippen LogP contribution in [0.4, 0.5) is 0 Å². The number of nitrogens with zero attached hydrogens (tertiary/aromatic N) is 3. The second kappa shape index (κ2) is 8.79. The molecule has 5 nitrogen and oxygen atoms in total. The van der Waals surface area contributed by atoms with Gasteiger partial charge in [0.05, 0.1) is 6.54 Å². The minimum absolute atomic E-state index is 0.0856. The smallest absolute Gasteiger partial charge is 0.267 e. The summed E-state index contributed by atoms with van der Waals surface area (Å²) in [6, 6.07) is 16.4. The van der Waals surface area contributed by atoms with Gasteiger partial charge in [-0.3, -0.25) is 9.59 Å². The van der Waals surface area contributed by atoms with E-state index in [0.717, 1.165) is 5.56 Å². The van der Waals surface area contributed by atoms with Crippen molar-refractivity contribution >= 4 is 34.8 Å². The quantitative estimate of drug-likeness (QED) is 0.659. The van der Waals surface area contributed by atoms with Crippen LogP contribution in [-0.2, 0) is 11.3 Å². The average Bonchev–Trinajstić information content (AvgIpc) is 3.10. The topological polar surface area (TPSA) is 54.7 Å². The monoisotopic (exact) mass is 399 g/mol. The number of likely N-dealkylation sites (N-methyl/N-ethyl adjacent to an activating group) is 1. The summed E-state index contributed by atoms with van der Waals surface area (Å²) < 4.78 is 1.86. The van der Waals surface area contributed by atoms with Gasteiger partial charge in [0.1, 0.15) is 6.54 Å². The predicted octanol–water partition coefficient (Wildman–Crippen LogP) is 3.45. The Bertz CT molecular complexity index is 1010. The molecule has 0 bridgehead atoms. The molecule has 1 heterocycles. The standard InChI is InChI=1S/C20H18ClN3O2S/c1-23(19(26)15-7-3-2-4-8-15)14-18(25)22-20-24(11-12-27-20)13-16-9-5-6-10-17(16)21/h2-12H,13-14H2,1H3. The summed E-state index contributed by atoms with van der Waals surface area (Å²) in [6.07, 6.45) is 1.86. The van der Waals surface area contributed by atoms with Crippen molar-refractivity contribution in [3.05, 3.63) is 87.1 Å². The SMILES string of the molecule is CN(CC(=O)N=c1sccn1Cc1ccccc1Cl)C(=O)c1ccccc1. The number of carbonyl (C=O) groups excluding carboxylic acids is 2. The van der Waals surface area contributed by atoms with Gasteiger partial charge < -0.3 is 9.47 Å². The van der Waals surface area contributed by atoms with Gasteiger partial charge in [0.2, 0.25) is 0 Å². The first-order chi connectivity index (χ1) is 13.0. The van der Waals surface area contributed by atoms with Crippen LogP contribution >= 0.6 is 22.9 Å². The molecule has 0 aliphatic carbocycles. The Morgan fingerprint density at radius 1 is 1.11 bits per heavy atom. The van der Waals surface area contributed by atoms with Crippen LogP contribution in [0.15, 0.2) is 71.2 Å². The van der Waals surface area contributed by atoms with Gasteiger partial charge in [-0.25, -0.2) is 0 Å². The van der Waals surface area contributed by atoms with Crippen LogP contribution in [0.1, 0.15) is 15.9 Å². The van der Waals surface area contributed by atoms with Crippen molar-refractivity contribution in [1.29, 1.82) is 0 Å². The number of amides is 2. The van der Waals surface area contributed by atoms with Crippen LogP contribution in [-0.4, -0.2) is 34.9 Å². The number of carbonyl (C=O) groups is 2. The van der Waals surface area contributed by atoms with Crippen molar-refractivity contribution < 1.29 is 9.59 Å². The second-order valence-corrected chi connectivity index (χ2v) is 7.22. The number of hydrogen-bond acceptors (Lipinski definition) is 3. The van der Waals surface area contributed by atoms with E-state index in [-0.39, 0.29) is 18.4 Å². The van der Waals surface area contributed by atoms with Crippen LogP contribution < -0.4 is 4.80 Å². The molecule has 0 fully saturated rings. The number of hydrogen-bond donors (Lipinski definition) is 0. The Morgan fingerprint density at radius 2 is 1.81 bits per heavy atom. The molecule has 7 heteroatoms. The molecule has 138 valence electrons. The number of aromatic nitrogens is 1. The number of halogens is 1. The van der Waals surface area contributed by atoms with E-state index in [1.807, 2.05) is 46.5 Å². The first kappa shape index (κ1) is 19.1. The molecule has 1 aromatic heterocycles. The molecule has 2 amide bonds. The lowest BCUT2D eigenvalue weighted by Crippen LogP contribution is -2.32. The van der Waals surface area contributed by atoms with Crippen molar-refractivity contribution in [2.24, 2.45) is 4.99 Å². The lowest BCUT2D eigenvalue weighted by Gasteiger charge is -2.14. The molecule has 0 aliphatic rings. The van der Waals surface area contributed by atoms with Gasteiger partial charge in [-0.1, -0.05) is 48.0 Å². The first-order valence-corrected chi connectivity index (χ1v) is 9.56. The Kier molecular flexibility index (Phi) is 6.21. The van der Waals surface area contributed by atoms with E-state index in [1.165, 1.54) is 16.2 Å². The highest BCUT2D eigenvalue weighted by molar-refractivity contribution is 7.07. The van der Waals surface area contributed by atoms with Crippen molar-refractivity contribution in [2.45, 2.75) is 6.54 Å². The van der Waals surface area contributed by atoms with Gasteiger partial charge in [-0.15, -0.1) is 11.3 Å². The molecule has 0 saturated heterocycles. The number of thiazole rings is 1. The molecule has 0 aliphatic heterocycles. The molecule has 3 aromatic rings. The van der Waals surface area contributed by atoms with Gasteiger partial charge in [0.25, 0.3) is 11.8 Å². The van der Waals surface area contributed by atoms with Crippen molar-refractivity contribution in [3.8, 4) is 0 Å². The van der Waals surface area contributed by atoms with Crippen molar-refractivity contribution in [1.82, 2.24) is 9.47 Å². The third-order valence-corrected chi connectivity index (χ3v) is 5.08. The van der Waals surface area contributed by atoms with E-state index < -0.39 is 0 Å². The zero-order chi connectivity index (χ0) is 19.2. The Hall–Kier alpha value is -2.70. The van der Waals surface area contributed by atoms with Gasteiger partial charge in [-0.05, 0) is 23.8 Å². The maximum absolute atomic E-state index is 12.3. The van der Waals surface area contributed by atoms with Gasteiger partial charge in [0.15, 0.2) is 4.80 Å². The molecule has 0 unspecified atom stereocenters. The minimum atomic E-state index is -0.378. The minimum Gasteiger partial charge on any atom is -0.332 e. The van der Waals surface area contributed by atoms with Gasteiger partial charge >= 0.3 is 0 Å². The summed E-state index contributed by atoms with van der Waals surface area (Å²) in [5, 5.41) is 2.53. The fourth-order valence-corrected chi connectivity index (χ4v) is 3.48. The highest BCUT2D eigenvalue weighted by Crippen LogP contribution is 2.15. The van der Waals surface area contributed by atoms with Crippen LogP contribution in [0, 0.1) is 0 Å². The fourth-order valence-electron chi connectivity index (χ4n) is 2.54. The molecule has 3 rings (SSSR count). The number of rotatable bonds is 5. The lowest BCUT2D eigenvalue weighted by molar-refractivity contribution is -0.118. The summed E-state index contributed by atoms with van der Waals surface area (Å²) >= 11 is 7.57. The first-order valence-electron chi connectivity index (χ1n) is 8.30. The molecular formula is C20H18ClN3O2S. The lowest BCUT2D eigenvalue weighted by atomic mass is 10.2. The van der Waals surface area contributed by atoms with Crippen LogP contribution in [0.2, 0.25) is 5.02 Å². The molecule has 2 aromatic carbocycles. The largest absolute Gasteiger partial charge is 0.332 e. The van der Waals surface area contributed by atoms with Gasteiger partial charge in [-0.2, -0.15) is 4.99 Å². The molecular weight excluding hydrogens is 382 g/mol. The number of benzene rings is 2. The molecule has 0 N–H and O–H groups in total. The average molecular weight is 400 g/mol.